The first kappa shape index (κ1) is 18.4. The van der Waals surface area contributed by atoms with E-state index in [1.165, 1.54) is 26.4 Å². The SMILES string of the molecule is CCOc1cc(C(=O)O[C@@H](C)C(=O)NCc2ccco2)ccc1OC. The summed E-state index contributed by atoms with van der Waals surface area (Å²) < 4.78 is 20.9. The minimum absolute atomic E-state index is 0.227. The number of hydrogen-bond acceptors (Lipinski definition) is 6. The third-order valence-electron chi connectivity index (χ3n) is 3.37. The van der Waals surface area contributed by atoms with E-state index in [-0.39, 0.29) is 12.1 Å². The van der Waals surface area contributed by atoms with Crippen LogP contribution in [0.2, 0.25) is 0 Å². The summed E-state index contributed by atoms with van der Waals surface area (Å²) >= 11 is 0. The molecule has 7 heteroatoms. The molecular weight excluding hydrogens is 326 g/mol. The Hall–Kier alpha value is -2.96. The third kappa shape index (κ3) is 5.00. The molecule has 1 heterocycles. The maximum Gasteiger partial charge on any atom is 0.339 e. The molecule has 0 spiro atoms. The van der Waals surface area contributed by atoms with Gasteiger partial charge in [-0.25, -0.2) is 4.79 Å². The molecule has 0 aliphatic carbocycles. The van der Waals surface area contributed by atoms with Gasteiger partial charge in [0.1, 0.15) is 5.76 Å². The minimum atomic E-state index is -0.944. The monoisotopic (exact) mass is 347 g/mol. The zero-order valence-electron chi connectivity index (χ0n) is 14.4. The van der Waals surface area contributed by atoms with E-state index in [2.05, 4.69) is 5.32 Å². The van der Waals surface area contributed by atoms with Crippen LogP contribution in [0.25, 0.3) is 0 Å². The van der Waals surface area contributed by atoms with Crippen molar-refractivity contribution in [1.82, 2.24) is 5.32 Å². The second kappa shape index (κ2) is 8.77. The smallest absolute Gasteiger partial charge is 0.339 e. The first-order chi connectivity index (χ1) is 12.0. The number of carbonyl (C=O) groups is 2. The normalized spacial score (nSPS) is 11.5. The average Bonchev–Trinajstić information content (AvgIpc) is 3.13. The lowest BCUT2D eigenvalue weighted by Crippen LogP contribution is -2.35. The minimum Gasteiger partial charge on any atom is -0.493 e. The molecule has 7 nitrogen and oxygen atoms in total. The Morgan fingerprint density at radius 2 is 2.04 bits per heavy atom. The van der Waals surface area contributed by atoms with Crippen molar-refractivity contribution >= 4 is 11.9 Å². The Bertz CT molecular complexity index is 710. The summed E-state index contributed by atoms with van der Waals surface area (Å²) in [6.45, 7) is 3.99. The summed E-state index contributed by atoms with van der Waals surface area (Å²) in [5, 5.41) is 2.64. The Labute approximate surface area is 145 Å². The van der Waals surface area contributed by atoms with Crippen LogP contribution < -0.4 is 14.8 Å². The van der Waals surface area contributed by atoms with E-state index in [0.717, 1.165) is 0 Å². The molecule has 25 heavy (non-hydrogen) atoms. The van der Waals surface area contributed by atoms with E-state index in [4.69, 9.17) is 18.6 Å². The molecule has 1 N–H and O–H groups in total. The summed E-state index contributed by atoms with van der Waals surface area (Å²) in [5.41, 5.74) is 0.273. The topological polar surface area (TPSA) is 87.0 Å². The molecule has 0 aliphatic rings. The molecule has 0 aliphatic heterocycles. The van der Waals surface area contributed by atoms with Gasteiger partial charge in [-0.1, -0.05) is 0 Å². The number of methoxy groups -OCH3 is 1. The number of nitrogens with one attached hydrogen (secondary N) is 1. The van der Waals surface area contributed by atoms with Gasteiger partial charge in [-0.15, -0.1) is 0 Å². The van der Waals surface area contributed by atoms with Crippen molar-refractivity contribution in [3.63, 3.8) is 0 Å². The zero-order chi connectivity index (χ0) is 18.2. The molecule has 0 unspecified atom stereocenters. The number of ether oxygens (including phenoxy) is 3. The Balaban J connectivity index is 1.95. The molecule has 1 aromatic carbocycles. The Kier molecular flexibility index (Phi) is 6.45. The van der Waals surface area contributed by atoms with Gasteiger partial charge in [-0.2, -0.15) is 0 Å². The molecule has 2 rings (SSSR count). The quantitative estimate of drug-likeness (QED) is 0.739. The fourth-order valence-corrected chi connectivity index (χ4v) is 2.09. The first-order valence-corrected chi connectivity index (χ1v) is 7.87. The predicted molar refractivity (Wildman–Crippen MR) is 89.6 cm³/mol. The lowest BCUT2D eigenvalue weighted by molar-refractivity contribution is -0.129. The average molecular weight is 347 g/mol. The molecule has 1 aromatic heterocycles. The molecule has 0 fully saturated rings. The van der Waals surface area contributed by atoms with E-state index < -0.39 is 18.0 Å². The lowest BCUT2D eigenvalue weighted by atomic mass is 10.2. The van der Waals surface area contributed by atoms with Crippen LogP contribution in [0.15, 0.2) is 41.0 Å². The van der Waals surface area contributed by atoms with Crippen LogP contribution in [0.4, 0.5) is 0 Å². The van der Waals surface area contributed by atoms with Crippen molar-refractivity contribution in [2.75, 3.05) is 13.7 Å². The van der Waals surface area contributed by atoms with E-state index in [0.29, 0.717) is 23.9 Å². The number of esters is 1. The van der Waals surface area contributed by atoms with Gasteiger partial charge in [-0.05, 0) is 44.2 Å². The summed E-state index contributed by atoms with van der Waals surface area (Å²) in [6, 6.07) is 8.16. The van der Waals surface area contributed by atoms with E-state index in [1.807, 2.05) is 6.92 Å². The molecule has 1 amide bonds. The van der Waals surface area contributed by atoms with Gasteiger partial charge >= 0.3 is 5.97 Å². The first-order valence-electron chi connectivity index (χ1n) is 7.87. The van der Waals surface area contributed by atoms with Crippen LogP contribution in [0.3, 0.4) is 0 Å². The second-order valence-corrected chi connectivity index (χ2v) is 5.14. The number of furan rings is 1. The maximum atomic E-state index is 12.2. The lowest BCUT2D eigenvalue weighted by Gasteiger charge is -2.14. The highest BCUT2D eigenvalue weighted by Gasteiger charge is 2.20. The van der Waals surface area contributed by atoms with E-state index in [9.17, 15) is 9.59 Å². The number of rotatable bonds is 8. The van der Waals surface area contributed by atoms with Gasteiger partial charge < -0.3 is 23.9 Å². The highest BCUT2D eigenvalue weighted by molar-refractivity contribution is 5.92. The van der Waals surface area contributed by atoms with Crippen LogP contribution in [-0.4, -0.2) is 31.7 Å². The van der Waals surface area contributed by atoms with Gasteiger partial charge in [0.25, 0.3) is 5.91 Å². The van der Waals surface area contributed by atoms with E-state index in [1.54, 1.807) is 24.3 Å². The number of hydrogen-bond donors (Lipinski definition) is 1. The summed E-state index contributed by atoms with van der Waals surface area (Å²) in [7, 11) is 1.52. The van der Waals surface area contributed by atoms with E-state index >= 15 is 0 Å². The van der Waals surface area contributed by atoms with Gasteiger partial charge in [0, 0.05) is 0 Å². The molecule has 2 aromatic rings. The van der Waals surface area contributed by atoms with Crippen molar-refractivity contribution < 1.29 is 28.2 Å². The van der Waals surface area contributed by atoms with Crippen LogP contribution in [0.1, 0.15) is 30.0 Å². The van der Waals surface area contributed by atoms with Crippen LogP contribution in [-0.2, 0) is 16.1 Å². The van der Waals surface area contributed by atoms with Crippen LogP contribution in [0, 0.1) is 0 Å². The molecule has 134 valence electrons. The van der Waals surface area contributed by atoms with Gasteiger partial charge in [0.15, 0.2) is 17.6 Å². The molecule has 1 atom stereocenters. The molecule has 0 radical (unpaired) electrons. The summed E-state index contributed by atoms with van der Waals surface area (Å²) in [6.07, 6.45) is 0.574. The van der Waals surface area contributed by atoms with Gasteiger partial charge in [-0.3, -0.25) is 4.79 Å². The number of benzene rings is 1. The second-order valence-electron chi connectivity index (χ2n) is 5.14. The highest BCUT2D eigenvalue weighted by Crippen LogP contribution is 2.28. The fourth-order valence-electron chi connectivity index (χ4n) is 2.09. The molecule has 0 saturated heterocycles. The molecule has 0 bridgehead atoms. The van der Waals surface area contributed by atoms with Crippen LogP contribution >= 0.6 is 0 Å². The maximum absolute atomic E-state index is 12.2. The largest absolute Gasteiger partial charge is 0.493 e. The zero-order valence-corrected chi connectivity index (χ0v) is 14.4. The molecule has 0 saturated carbocycles. The Morgan fingerprint density at radius 1 is 1.24 bits per heavy atom. The summed E-state index contributed by atoms with van der Waals surface area (Å²) in [5.74, 6) is 0.535. The summed E-state index contributed by atoms with van der Waals surface area (Å²) in [4.78, 5) is 24.2. The Morgan fingerprint density at radius 3 is 2.68 bits per heavy atom. The third-order valence-corrected chi connectivity index (χ3v) is 3.37. The van der Waals surface area contributed by atoms with Crippen LogP contribution in [0.5, 0.6) is 11.5 Å². The van der Waals surface area contributed by atoms with Crippen molar-refractivity contribution in [3.05, 3.63) is 47.9 Å². The van der Waals surface area contributed by atoms with Crippen molar-refractivity contribution in [1.29, 1.82) is 0 Å². The molecular formula is C18H21NO6. The number of amides is 1. The van der Waals surface area contributed by atoms with Crippen molar-refractivity contribution in [2.24, 2.45) is 0 Å². The fraction of sp³-hybridized carbons (Fsp3) is 0.333. The van der Waals surface area contributed by atoms with Gasteiger partial charge in [0.2, 0.25) is 0 Å². The highest BCUT2D eigenvalue weighted by atomic mass is 16.5. The standard InChI is InChI=1S/C18H21NO6/c1-4-23-16-10-13(7-8-15(16)22-3)18(21)25-12(2)17(20)19-11-14-6-5-9-24-14/h5-10,12H,4,11H2,1-3H3,(H,19,20)/t12-/m0/s1. The van der Waals surface area contributed by atoms with Crippen molar-refractivity contribution in [3.8, 4) is 11.5 Å². The van der Waals surface area contributed by atoms with Crippen molar-refractivity contribution in [2.45, 2.75) is 26.5 Å². The number of carbonyl (C=O) groups excluding carboxylic acids is 2. The predicted octanol–water partition coefficient (Wildman–Crippen LogP) is 2.55. The van der Waals surface area contributed by atoms with Gasteiger partial charge in [0.05, 0.1) is 32.1 Å².